The standard InChI is InChI=1S/C57H35N/c1-3-13-40-31-45(29-23-36(40)11-1)55-47-16-6-5-15-43(47)33-44-28-27-42(34-52(44)55)38-21-25-39(26-22-38)51-35-53-56(49-18-8-7-17-48(49)51)50-19-9-10-20-54(50)58-57(53)46-30-24-37-12-2-4-14-41(37)32-46/h1-35H. The molecular formula is C57H35N. The van der Waals surface area contributed by atoms with Crippen LogP contribution in [0.2, 0.25) is 0 Å². The lowest BCUT2D eigenvalue weighted by Crippen LogP contribution is -1.93. The molecule has 12 aromatic rings. The van der Waals surface area contributed by atoms with Crippen molar-refractivity contribution in [2.24, 2.45) is 0 Å². The van der Waals surface area contributed by atoms with Crippen molar-refractivity contribution in [1.82, 2.24) is 4.98 Å². The van der Waals surface area contributed by atoms with Crippen LogP contribution >= 0.6 is 0 Å². The normalized spacial score (nSPS) is 11.8. The number of aromatic nitrogens is 1. The fraction of sp³-hybridized carbons (Fsp3) is 0. The first-order valence-corrected chi connectivity index (χ1v) is 20.0. The van der Waals surface area contributed by atoms with Crippen LogP contribution in [-0.4, -0.2) is 4.98 Å². The second kappa shape index (κ2) is 13.0. The molecule has 0 saturated carbocycles. The van der Waals surface area contributed by atoms with Gasteiger partial charge in [0.15, 0.2) is 0 Å². The molecule has 1 nitrogen and oxygen atoms in total. The summed E-state index contributed by atoms with van der Waals surface area (Å²) in [6.45, 7) is 0. The van der Waals surface area contributed by atoms with E-state index < -0.39 is 0 Å². The molecule has 0 spiro atoms. The second-order valence-electron chi connectivity index (χ2n) is 15.5. The summed E-state index contributed by atoms with van der Waals surface area (Å²) in [5.74, 6) is 0. The predicted molar refractivity (Wildman–Crippen MR) is 249 cm³/mol. The van der Waals surface area contributed by atoms with Gasteiger partial charge in [-0.3, -0.25) is 0 Å². The van der Waals surface area contributed by atoms with Crippen molar-refractivity contribution < 1.29 is 0 Å². The highest BCUT2D eigenvalue weighted by atomic mass is 14.7. The Morgan fingerprint density at radius 2 is 0.776 bits per heavy atom. The zero-order valence-electron chi connectivity index (χ0n) is 31.7. The van der Waals surface area contributed by atoms with E-state index in [4.69, 9.17) is 4.98 Å². The van der Waals surface area contributed by atoms with Crippen LogP contribution in [0.1, 0.15) is 0 Å². The molecule has 0 fully saturated rings. The summed E-state index contributed by atoms with van der Waals surface area (Å²) in [4.78, 5) is 5.36. The first-order valence-electron chi connectivity index (χ1n) is 20.0. The topological polar surface area (TPSA) is 12.9 Å². The Bertz CT molecular complexity index is 3610. The first kappa shape index (κ1) is 32.6. The summed E-state index contributed by atoms with van der Waals surface area (Å²) in [5, 5.41) is 16.0. The minimum Gasteiger partial charge on any atom is -0.247 e. The number of pyridine rings is 1. The average molecular weight is 734 g/mol. The molecule has 0 atom stereocenters. The van der Waals surface area contributed by atoms with Gasteiger partial charge in [-0.2, -0.15) is 0 Å². The van der Waals surface area contributed by atoms with E-state index in [1.54, 1.807) is 0 Å². The molecule has 0 bridgehead atoms. The van der Waals surface area contributed by atoms with Gasteiger partial charge in [0.1, 0.15) is 0 Å². The Balaban J connectivity index is 1.03. The van der Waals surface area contributed by atoms with Crippen LogP contribution in [0.15, 0.2) is 212 Å². The van der Waals surface area contributed by atoms with Crippen molar-refractivity contribution in [2.45, 2.75) is 0 Å². The minimum atomic E-state index is 1.01. The SMILES string of the molecule is c1ccc2cc(-c3c4ccccc4cc4ccc(-c5ccc(-c6cc7c(-c8ccc9ccccc9c8)nc8ccccc8c7c7ccccc67)cc5)cc34)ccc2c1. The molecule has 11 aromatic carbocycles. The van der Waals surface area contributed by atoms with Gasteiger partial charge in [-0.1, -0.05) is 176 Å². The maximum Gasteiger partial charge on any atom is 0.0788 e. The molecule has 0 amide bonds. The number of hydrogen-bond donors (Lipinski definition) is 0. The summed E-state index contributed by atoms with van der Waals surface area (Å²) in [6, 6.07) is 77.8. The van der Waals surface area contributed by atoms with Crippen molar-refractivity contribution in [3.8, 4) is 44.6 Å². The number of rotatable bonds is 4. The van der Waals surface area contributed by atoms with Gasteiger partial charge in [-0.15, -0.1) is 0 Å². The lowest BCUT2D eigenvalue weighted by atomic mass is 9.88. The zero-order valence-corrected chi connectivity index (χ0v) is 31.7. The van der Waals surface area contributed by atoms with Crippen LogP contribution < -0.4 is 0 Å². The number of hydrogen-bond acceptors (Lipinski definition) is 1. The van der Waals surface area contributed by atoms with Crippen molar-refractivity contribution in [2.75, 3.05) is 0 Å². The van der Waals surface area contributed by atoms with Crippen molar-refractivity contribution in [3.05, 3.63) is 212 Å². The largest absolute Gasteiger partial charge is 0.247 e. The minimum absolute atomic E-state index is 1.01. The second-order valence-corrected chi connectivity index (χ2v) is 15.5. The van der Waals surface area contributed by atoms with Crippen LogP contribution in [0, 0.1) is 0 Å². The van der Waals surface area contributed by atoms with Crippen molar-refractivity contribution in [3.63, 3.8) is 0 Å². The molecule has 0 aliphatic rings. The van der Waals surface area contributed by atoms with Gasteiger partial charge in [0, 0.05) is 21.7 Å². The molecule has 0 radical (unpaired) electrons. The smallest absolute Gasteiger partial charge is 0.0788 e. The van der Waals surface area contributed by atoms with Crippen molar-refractivity contribution in [1.29, 1.82) is 0 Å². The molecule has 0 saturated heterocycles. The van der Waals surface area contributed by atoms with E-state index in [1.165, 1.54) is 98.0 Å². The number of para-hydroxylation sites is 1. The van der Waals surface area contributed by atoms with E-state index in [0.29, 0.717) is 0 Å². The Morgan fingerprint density at radius 1 is 0.259 bits per heavy atom. The fourth-order valence-electron chi connectivity index (χ4n) is 9.35. The van der Waals surface area contributed by atoms with E-state index in [1.807, 2.05) is 0 Å². The summed E-state index contributed by atoms with van der Waals surface area (Å²) in [6.07, 6.45) is 0. The predicted octanol–water partition coefficient (Wildman–Crippen LogP) is 15.8. The van der Waals surface area contributed by atoms with E-state index >= 15 is 0 Å². The maximum absolute atomic E-state index is 5.36. The van der Waals surface area contributed by atoms with Crippen LogP contribution in [0.5, 0.6) is 0 Å². The van der Waals surface area contributed by atoms with Crippen LogP contribution in [0.4, 0.5) is 0 Å². The first-order chi connectivity index (χ1) is 28.7. The Labute approximate surface area is 336 Å². The zero-order chi connectivity index (χ0) is 38.2. The van der Waals surface area contributed by atoms with Crippen LogP contribution in [0.3, 0.4) is 0 Å². The van der Waals surface area contributed by atoms with Crippen LogP contribution in [-0.2, 0) is 0 Å². The summed E-state index contributed by atoms with van der Waals surface area (Å²) < 4.78 is 0. The Kier molecular flexibility index (Phi) is 7.30. The average Bonchev–Trinajstić information content (AvgIpc) is 3.29. The third kappa shape index (κ3) is 5.21. The van der Waals surface area contributed by atoms with Gasteiger partial charge in [0.05, 0.1) is 11.2 Å². The number of fused-ring (bicyclic) bond motifs is 9. The highest BCUT2D eigenvalue weighted by Gasteiger charge is 2.18. The molecule has 268 valence electrons. The molecule has 1 heterocycles. The molecule has 58 heavy (non-hydrogen) atoms. The molecule has 1 heteroatoms. The molecule has 0 N–H and O–H groups in total. The highest BCUT2D eigenvalue weighted by molar-refractivity contribution is 6.25. The lowest BCUT2D eigenvalue weighted by molar-refractivity contribution is 1.43. The Hall–Kier alpha value is -7.61. The number of benzene rings is 11. The third-order valence-corrected chi connectivity index (χ3v) is 12.2. The fourth-order valence-corrected chi connectivity index (χ4v) is 9.35. The van der Waals surface area contributed by atoms with Gasteiger partial charge >= 0.3 is 0 Å². The quantitative estimate of drug-likeness (QED) is 0.130. The van der Waals surface area contributed by atoms with E-state index in [2.05, 4.69) is 212 Å². The number of nitrogens with zero attached hydrogens (tertiary/aromatic N) is 1. The maximum atomic E-state index is 5.36. The molecule has 0 aliphatic heterocycles. The van der Waals surface area contributed by atoms with Gasteiger partial charge < -0.3 is 0 Å². The van der Waals surface area contributed by atoms with E-state index in [0.717, 1.165) is 22.2 Å². The molecule has 0 aliphatic carbocycles. The summed E-state index contributed by atoms with van der Waals surface area (Å²) >= 11 is 0. The molecule has 12 rings (SSSR count). The van der Waals surface area contributed by atoms with Crippen LogP contribution in [0.25, 0.3) is 120 Å². The summed E-state index contributed by atoms with van der Waals surface area (Å²) in [5.41, 5.74) is 10.4. The third-order valence-electron chi connectivity index (χ3n) is 12.2. The van der Waals surface area contributed by atoms with E-state index in [9.17, 15) is 0 Å². The van der Waals surface area contributed by atoms with E-state index in [-0.39, 0.29) is 0 Å². The molecule has 1 aromatic heterocycles. The van der Waals surface area contributed by atoms with Gasteiger partial charge in [0.25, 0.3) is 0 Å². The molecular weight excluding hydrogens is 699 g/mol. The monoisotopic (exact) mass is 733 g/mol. The van der Waals surface area contributed by atoms with Gasteiger partial charge in [-0.25, -0.2) is 4.98 Å². The summed E-state index contributed by atoms with van der Waals surface area (Å²) in [7, 11) is 0. The molecule has 0 unspecified atom stereocenters. The highest BCUT2D eigenvalue weighted by Crippen LogP contribution is 2.43. The Morgan fingerprint density at radius 3 is 1.53 bits per heavy atom. The van der Waals surface area contributed by atoms with Crippen molar-refractivity contribution >= 4 is 75.5 Å². The van der Waals surface area contributed by atoms with Gasteiger partial charge in [-0.05, 0) is 124 Å². The van der Waals surface area contributed by atoms with Gasteiger partial charge in [0.2, 0.25) is 0 Å². The lowest BCUT2D eigenvalue weighted by Gasteiger charge is -2.17.